The number of ether oxygens (including phenoxy) is 2. The molecule has 2 aromatic carbocycles. The van der Waals surface area contributed by atoms with Crippen molar-refractivity contribution >= 4 is 0 Å². The van der Waals surface area contributed by atoms with Gasteiger partial charge in [-0.25, -0.2) is 0 Å². The van der Waals surface area contributed by atoms with Gasteiger partial charge in [0.15, 0.2) is 5.82 Å². The van der Waals surface area contributed by atoms with E-state index < -0.39 is 6.61 Å². The van der Waals surface area contributed by atoms with E-state index in [1.54, 1.807) is 36.4 Å². The van der Waals surface area contributed by atoms with Crippen LogP contribution in [0, 0.1) is 11.3 Å². The van der Waals surface area contributed by atoms with Gasteiger partial charge in [-0.1, -0.05) is 6.07 Å². The van der Waals surface area contributed by atoms with Crippen molar-refractivity contribution in [2.45, 2.75) is 13.2 Å². The molecule has 0 radical (unpaired) electrons. The van der Waals surface area contributed by atoms with Crippen molar-refractivity contribution in [3.8, 4) is 23.3 Å². The Morgan fingerprint density at radius 1 is 1.12 bits per heavy atom. The van der Waals surface area contributed by atoms with Crippen molar-refractivity contribution in [3.05, 3.63) is 59.9 Å². The minimum Gasteiger partial charge on any atom is -0.485 e. The van der Waals surface area contributed by atoms with E-state index in [2.05, 4.69) is 20.3 Å². The lowest BCUT2D eigenvalue weighted by Gasteiger charge is -2.08. The number of rotatable bonds is 6. The highest BCUT2D eigenvalue weighted by Gasteiger charge is 2.10. The number of benzene rings is 2. The summed E-state index contributed by atoms with van der Waals surface area (Å²) in [7, 11) is 0. The molecule has 9 heteroatoms. The van der Waals surface area contributed by atoms with Gasteiger partial charge < -0.3 is 9.47 Å². The fourth-order valence-electron chi connectivity index (χ4n) is 2.07. The van der Waals surface area contributed by atoms with E-state index in [-0.39, 0.29) is 12.4 Å². The van der Waals surface area contributed by atoms with Crippen molar-refractivity contribution in [3.63, 3.8) is 0 Å². The maximum Gasteiger partial charge on any atom is 0.387 e. The van der Waals surface area contributed by atoms with Crippen LogP contribution < -0.4 is 9.47 Å². The van der Waals surface area contributed by atoms with Crippen LogP contribution in [-0.2, 0) is 6.61 Å². The molecule has 3 aromatic rings. The predicted molar refractivity (Wildman–Crippen MR) is 81.3 cm³/mol. The average molecular weight is 343 g/mol. The second-order valence-electron chi connectivity index (χ2n) is 4.81. The molecule has 126 valence electrons. The molecule has 1 heterocycles. The Balaban J connectivity index is 1.73. The first kappa shape index (κ1) is 16.3. The molecule has 3 rings (SSSR count). The number of halogens is 2. The minimum absolute atomic E-state index is 0.0398. The topological polar surface area (TPSA) is 85.9 Å². The van der Waals surface area contributed by atoms with Crippen LogP contribution in [-0.4, -0.2) is 26.8 Å². The Morgan fingerprint density at radius 3 is 2.64 bits per heavy atom. The van der Waals surface area contributed by atoms with Crippen molar-refractivity contribution in [2.75, 3.05) is 0 Å². The zero-order valence-electron chi connectivity index (χ0n) is 12.7. The molecule has 0 amide bonds. The predicted octanol–water partition coefficient (Wildman–Crippen LogP) is 2.71. The maximum absolute atomic E-state index is 12.2. The van der Waals surface area contributed by atoms with E-state index in [1.807, 2.05) is 6.07 Å². The molecule has 0 saturated carbocycles. The third kappa shape index (κ3) is 4.06. The molecule has 1 aromatic heterocycles. The van der Waals surface area contributed by atoms with Crippen LogP contribution in [0.15, 0.2) is 48.5 Å². The van der Waals surface area contributed by atoms with Crippen LogP contribution in [0.25, 0.3) is 5.69 Å². The largest absolute Gasteiger partial charge is 0.485 e. The number of alkyl halides is 2. The highest BCUT2D eigenvalue weighted by Crippen LogP contribution is 2.18. The molecule has 0 saturated heterocycles. The van der Waals surface area contributed by atoms with Crippen LogP contribution in [0.1, 0.15) is 11.4 Å². The molecule has 0 unspecified atom stereocenters. The SMILES string of the molecule is N#Cc1cccc(OCc2nnnn2-c2ccc(OC(F)F)cc2)c1. The van der Waals surface area contributed by atoms with Gasteiger partial charge in [0.25, 0.3) is 0 Å². The zero-order valence-corrected chi connectivity index (χ0v) is 12.7. The lowest BCUT2D eigenvalue weighted by atomic mass is 10.2. The lowest BCUT2D eigenvalue weighted by Crippen LogP contribution is -2.07. The summed E-state index contributed by atoms with van der Waals surface area (Å²) in [5.74, 6) is 0.956. The standard InChI is InChI=1S/C16H11F2N5O2/c17-16(18)25-13-6-4-12(5-7-13)23-15(20-21-22-23)10-24-14-3-1-2-11(8-14)9-19/h1-8,16H,10H2. The quantitative estimate of drug-likeness (QED) is 0.684. The fourth-order valence-corrected chi connectivity index (χ4v) is 2.07. The van der Waals surface area contributed by atoms with Crippen molar-refractivity contribution in [1.29, 1.82) is 5.26 Å². The second-order valence-corrected chi connectivity index (χ2v) is 4.81. The number of nitriles is 1. The highest BCUT2D eigenvalue weighted by molar-refractivity contribution is 5.38. The average Bonchev–Trinajstić information content (AvgIpc) is 3.09. The molecule has 0 fully saturated rings. The Labute approximate surface area is 141 Å². The summed E-state index contributed by atoms with van der Waals surface area (Å²) in [4.78, 5) is 0. The van der Waals surface area contributed by atoms with E-state index in [4.69, 9.17) is 10.00 Å². The van der Waals surface area contributed by atoms with Gasteiger partial charge in [0.2, 0.25) is 0 Å². The van der Waals surface area contributed by atoms with Gasteiger partial charge in [-0.3, -0.25) is 0 Å². The number of aromatic nitrogens is 4. The Hall–Kier alpha value is -3.54. The Kier molecular flexibility index (Phi) is 4.80. The molecular weight excluding hydrogens is 332 g/mol. The summed E-state index contributed by atoms with van der Waals surface area (Å²) in [6, 6.07) is 14.6. The summed E-state index contributed by atoms with van der Waals surface area (Å²) in [6.07, 6.45) is 0. The van der Waals surface area contributed by atoms with Crippen molar-refractivity contribution in [1.82, 2.24) is 20.2 Å². The van der Waals surface area contributed by atoms with Crippen LogP contribution in [0.2, 0.25) is 0 Å². The van der Waals surface area contributed by atoms with Gasteiger partial charge in [-0.05, 0) is 52.9 Å². The summed E-state index contributed by atoms with van der Waals surface area (Å²) in [5, 5.41) is 20.2. The van der Waals surface area contributed by atoms with Crippen LogP contribution >= 0.6 is 0 Å². The Morgan fingerprint density at radius 2 is 1.92 bits per heavy atom. The summed E-state index contributed by atoms with van der Waals surface area (Å²) in [5.41, 5.74) is 1.04. The van der Waals surface area contributed by atoms with Gasteiger partial charge in [-0.15, -0.1) is 5.10 Å². The number of nitrogens with zero attached hydrogens (tertiary/aromatic N) is 5. The van der Waals surface area contributed by atoms with Gasteiger partial charge >= 0.3 is 6.61 Å². The van der Waals surface area contributed by atoms with Gasteiger partial charge in [0, 0.05) is 0 Å². The number of hydrogen-bond donors (Lipinski definition) is 0. The van der Waals surface area contributed by atoms with Crippen molar-refractivity contribution < 1.29 is 18.3 Å². The molecule has 0 aliphatic rings. The van der Waals surface area contributed by atoms with Crippen molar-refractivity contribution in [2.24, 2.45) is 0 Å². The molecule has 25 heavy (non-hydrogen) atoms. The normalized spacial score (nSPS) is 10.5. The first-order chi connectivity index (χ1) is 12.2. The van der Waals surface area contributed by atoms with Gasteiger partial charge in [0.1, 0.15) is 18.1 Å². The molecule has 0 spiro atoms. The first-order valence-electron chi connectivity index (χ1n) is 7.11. The van der Waals surface area contributed by atoms with Crippen LogP contribution in [0.5, 0.6) is 11.5 Å². The summed E-state index contributed by atoms with van der Waals surface area (Å²) in [6.45, 7) is -2.82. The van der Waals surface area contributed by atoms with E-state index in [9.17, 15) is 8.78 Å². The third-order valence-electron chi connectivity index (χ3n) is 3.17. The third-order valence-corrected chi connectivity index (χ3v) is 3.17. The molecule has 0 aliphatic carbocycles. The maximum atomic E-state index is 12.2. The zero-order chi connectivity index (χ0) is 17.6. The van der Waals surface area contributed by atoms with E-state index >= 15 is 0 Å². The van der Waals surface area contributed by atoms with Gasteiger partial charge in [-0.2, -0.15) is 18.7 Å². The summed E-state index contributed by atoms with van der Waals surface area (Å²) >= 11 is 0. The number of hydrogen-bond acceptors (Lipinski definition) is 6. The fraction of sp³-hybridized carbons (Fsp3) is 0.125. The highest BCUT2D eigenvalue weighted by atomic mass is 19.3. The van der Waals surface area contributed by atoms with E-state index in [0.29, 0.717) is 22.8 Å². The lowest BCUT2D eigenvalue weighted by molar-refractivity contribution is -0.0498. The minimum atomic E-state index is -2.88. The smallest absolute Gasteiger partial charge is 0.387 e. The Bertz CT molecular complexity index is 890. The second kappa shape index (κ2) is 7.35. The molecule has 7 nitrogen and oxygen atoms in total. The van der Waals surface area contributed by atoms with E-state index in [1.165, 1.54) is 16.8 Å². The van der Waals surface area contributed by atoms with Crippen LogP contribution in [0.3, 0.4) is 0 Å². The van der Waals surface area contributed by atoms with Crippen LogP contribution in [0.4, 0.5) is 8.78 Å². The molecule has 0 aliphatic heterocycles. The molecular formula is C16H11F2N5O2. The number of tetrazole rings is 1. The first-order valence-corrected chi connectivity index (χ1v) is 7.11. The molecule has 0 N–H and O–H groups in total. The molecule has 0 atom stereocenters. The monoisotopic (exact) mass is 343 g/mol. The van der Waals surface area contributed by atoms with E-state index in [0.717, 1.165) is 0 Å². The summed E-state index contributed by atoms with van der Waals surface area (Å²) < 4.78 is 35.7. The molecule has 0 bridgehead atoms. The van der Waals surface area contributed by atoms with Gasteiger partial charge in [0.05, 0.1) is 17.3 Å².